The number of hydrogen-bond donors (Lipinski definition) is 2. The Hall–Kier alpha value is -0.540. The van der Waals surface area contributed by atoms with Crippen molar-refractivity contribution in [3.63, 3.8) is 0 Å². The first-order valence-electron chi connectivity index (χ1n) is 7.44. The third kappa shape index (κ3) is 10.0. The van der Waals surface area contributed by atoms with Crippen LogP contribution in [0.3, 0.4) is 0 Å². The number of benzene rings is 1. The minimum absolute atomic E-state index is 0. The van der Waals surface area contributed by atoms with Crippen LogP contribution >= 0.6 is 35.6 Å². The maximum absolute atomic E-state index is 11.4. The second kappa shape index (κ2) is 11.9. The molecule has 23 heavy (non-hydrogen) atoms. The lowest BCUT2D eigenvalue weighted by Gasteiger charge is -2.11. The summed E-state index contributed by atoms with van der Waals surface area (Å²) in [5.74, 6) is 0.867. The summed E-state index contributed by atoms with van der Waals surface area (Å²) in [6.07, 6.45) is 0.818. The lowest BCUT2D eigenvalue weighted by molar-refractivity contribution is 0.597. The minimum Gasteiger partial charge on any atom is -0.357 e. The molecule has 0 aliphatic carbocycles. The largest absolute Gasteiger partial charge is 0.357 e. The van der Waals surface area contributed by atoms with Crippen LogP contribution in [-0.4, -0.2) is 45.5 Å². The molecule has 0 fully saturated rings. The van der Waals surface area contributed by atoms with E-state index in [4.69, 9.17) is 11.6 Å². The molecule has 0 atom stereocenters. The topological polar surface area (TPSA) is 70.6 Å². The number of rotatable bonds is 8. The zero-order chi connectivity index (χ0) is 16.4. The van der Waals surface area contributed by atoms with Crippen LogP contribution in [0.5, 0.6) is 0 Å². The highest BCUT2D eigenvalue weighted by molar-refractivity contribution is 14.0. The van der Waals surface area contributed by atoms with Gasteiger partial charge in [-0.05, 0) is 31.0 Å². The van der Waals surface area contributed by atoms with Crippen LogP contribution in [0.2, 0.25) is 5.02 Å². The number of nitrogens with zero attached hydrogens (tertiary/aromatic N) is 1. The van der Waals surface area contributed by atoms with Crippen molar-refractivity contribution in [2.45, 2.75) is 20.3 Å². The molecule has 0 saturated carbocycles. The Morgan fingerprint density at radius 3 is 2.61 bits per heavy atom. The molecule has 1 aromatic carbocycles. The van der Waals surface area contributed by atoms with Gasteiger partial charge in [-0.25, -0.2) is 8.42 Å². The Morgan fingerprint density at radius 1 is 1.26 bits per heavy atom. The summed E-state index contributed by atoms with van der Waals surface area (Å²) in [6.45, 7) is 5.31. The molecule has 1 rings (SSSR count). The predicted octanol–water partition coefficient (Wildman–Crippen LogP) is 2.49. The van der Waals surface area contributed by atoms with Crippen LogP contribution in [0.15, 0.2) is 29.3 Å². The van der Waals surface area contributed by atoms with E-state index in [0.29, 0.717) is 12.5 Å². The number of aliphatic imine (C=N–C) groups is 1. The fraction of sp³-hybridized carbons (Fsp3) is 0.533. The van der Waals surface area contributed by atoms with Gasteiger partial charge in [0.25, 0.3) is 0 Å². The van der Waals surface area contributed by atoms with E-state index in [1.54, 1.807) is 6.92 Å². The van der Waals surface area contributed by atoms with Crippen molar-refractivity contribution in [3.05, 3.63) is 34.9 Å². The fourth-order valence-corrected chi connectivity index (χ4v) is 2.67. The van der Waals surface area contributed by atoms with Gasteiger partial charge in [0, 0.05) is 23.9 Å². The molecule has 0 amide bonds. The molecule has 0 radical (unpaired) electrons. The van der Waals surface area contributed by atoms with E-state index in [0.717, 1.165) is 23.6 Å². The summed E-state index contributed by atoms with van der Waals surface area (Å²) in [5.41, 5.74) is 1.14. The third-order valence-corrected chi connectivity index (χ3v) is 4.97. The number of nitrogens with one attached hydrogen (secondary N) is 2. The molecule has 0 aliphatic heterocycles. The number of guanidine groups is 1. The third-order valence-electron chi connectivity index (χ3n) is 3.05. The number of halogens is 2. The summed E-state index contributed by atoms with van der Waals surface area (Å²) >= 11 is 5.95. The maximum atomic E-state index is 11.4. The van der Waals surface area contributed by atoms with Crippen LogP contribution in [0, 0.1) is 0 Å². The fourth-order valence-electron chi connectivity index (χ4n) is 1.80. The van der Waals surface area contributed by atoms with Gasteiger partial charge in [0.15, 0.2) is 15.8 Å². The average molecular weight is 474 g/mol. The van der Waals surface area contributed by atoms with Crippen molar-refractivity contribution >= 4 is 51.4 Å². The summed E-state index contributed by atoms with van der Waals surface area (Å²) in [6, 6.07) is 7.72. The quantitative estimate of drug-likeness (QED) is 0.346. The van der Waals surface area contributed by atoms with Crippen LogP contribution < -0.4 is 10.6 Å². The molecule has 0 bridgehead atoms. The van der Waals surface area contributed by atoms with Crippen molar-refractivity contribution in [1.82, 2.24) is 10.6 Å². The molecule has 2 N–H and O–H groups in total. The Kier molecular flexibility index (Phi) is 11.6. The SMILES string of the molecule is CCNC(=NCCS(=O)(=O)CC)NCCc1cccc(Cl)c1.I. The molecule has 132 valence electrons. The molecule has 0 heterocycles. The highest BCUT2D eigenvalue weighted by atomic mass is 127. The second-order valence-corrected chi connectivity index (χ2v) is 7.71. The van der Waals surface area contributed by atoms with E-state index < -0.39 is 9.84 Å². The molecule has 1 aromatic rings. The molecule has 8 heteroatoms. The molecular weight excluding hydrogens is 449 g/mol. The van der Waals surface area contributed by atoms with Gasteiger partial charge in [0.05, 0.1) is 12.3 Å². The van der Waals surface area contributed by atoms with Crippen LogP contribution in [0.1, 0.15) is 19.4 Å². The lowest BCUT2D eigenvalue weighted by atomic mass is 10.1. The standard InChI is InChI=1S/C15H24ClN3O2S.HI/c1-3-17-15(19-10-11-22(20,21)4-2)18-9-8-13-6-5-7-14(16)12-13;/h5-7,12H,3-4,8-11H2,1-2H3,(H2,17,18,19);1H. The van der Waals surface area contributed by atoms with Gasteiger partial charge >= 0.3 is 0 Å². The highest BCUT2D eigenvalue weighted by Gasteiger charge is 2.06. The van der Waals surface area contributed by atoms with Crippen molar-refractivity contribution in [1.29, 1.82) is 0 Å². The van der Waals surface area contributed by atoms with E-state index in [1.165, 1.54) is 0 Å². The molecule has 0 saturated heterocycles. The van der Waals surface area contributed by atoms with Gasteiger partial charge in [-0.3, -0.25) is 4.99 Å². The van der Waals surface area contributed by atoms with Gasteiger partial charge < -0.3 is 10.6 Å². The van der Waals surface area contributed by atoms with Crippen LogP contribution in [0.25, 0.3) is 0 Å². The van der Waals surface area contributed by atoms with Crippen molar-refractivity contribution in [2.75, 3.05) is 31.1 Å². The van der Waals surface area contributed by atoms with Gasteiger partial charge in [-0.1, -0.05) is 30.7 Å². The molecule has 0 aromatic heterocycles. The van der Waals surface area contributed by atoms with Gasteiger partial charge in [0.2, 0.25) is 0 Å². The van der Waals surface area contributed by atoms with Crippen molar-refractivity contribution in [3.8, 4) is 0 Å². The highest BCUT2D eigenvalue weighted by Crippen LogP contribution is 2.10. The average Bonchev–Trinajstić information content (AvgIpc) is 2.47. The predicted molar refractivity (Wildman–Crippen MR) is 109 cm³/mol. The second-order valence-electron chi connectivity index (χ2n) is 4.80. The van der Waals surface area contributed by atoms with E-state index >= 15 is 0 Å². The zero-order valence-electron chi connectivity index (χ0n) is 13.5. The Balaban J connectivity index is 0.00000484. The van der Waals surface area contributed by atoms with E-state index in [2.05, 4.69) is 15.6 Å². The molecule has 5 nitrogen and oxygen atoms in total. The van der Waals surface area contributed by atoms with Crippen LogP contribution in [-0.2, 0) is 16.3 Å². The Labute approximate surface area is 161 Å². The van der Waals surface area contributed by atoms with Gasteiger partial charge in [-0.2, -0.15) is 0 Å². The molecular formula is C15H25ClIN3O2S. The van der Waals surface area contributed by atoms with Gasteiger partial charge in [0.1, 0.15) is 0 Å². The maximum Gasteiger partial charge on any atom is 0.191 e. The molecule has 0 unspecified atom stereocenters. The normalized spacial score (nSPS) is 11.7. The van der Waals surface area contributed by atoms with Crippen molar-refractivity contribution < 1.29 is 8.42 Å². The van der Waals surface area contributed by atoms with E-state index in [-0.39, 0.29) is 42.0 Å². The minimum atomic E-state index is -2.98. The first kappa shape index (κ1) is 22.5. The lowest BCUT2D eigenvalue weighted by Crippen LogP contribution is -2.38. The first-order valence-corrected chi connectivity index (χ1v) is 9.64. The summed E-state index contributed by atoms with van der Waals surface area (Å²) in [4.78, 5) is 4.28. The summed E-state index contributed by atoms with van der Waals surface area (Å²) in [7, 11) is -2.98. The zero-order valence-corrected chi connectivity index (χ0v) is 17.4. The number of sulfone groups is 1. The Bertz CT molecular complexity index is 594. The smallest absolute Gasteiger partial charge is 0.191 e. The van der Waals surface area contributed by atoms with Crippen LogP contribution in [0.4, 0.5) is 0 Å². The summed E-state index contributed by atoms with van der Waals surface area (Å²) in [5, 5.41) is 7.02. The first-order chi connectivity index (χ1) is 10.5. The monoisotopic (exact) mass is 473 g/mol. The Morgan fingerprint density at radius 2 is 2.00 bits per heavy atom. The van der Waals surface area contributed by atoms with E-state index in [1.807, 2.05) is 31.2 Å². The van der Waals surface area contributed by atoms with Gasteiger partial charge in [-0.15, -0.1) is 24.0 Å². The molecule has 0 spiro atoms. The number of hydrogen-bond acceptors (Lipinski definition) is 3. The van der Waals surface area contributed by atoms with E-state index in [9.17, 15) is 8.42 Å². The van der Waals surface area contributed by atoms with Crippen molar-refractivity contribution in [2.24, 2.45) is 4.99 Å². The summed E-state index contributed by atoms with van der Waals surface area (Å²) < 4.78 is 22.9. The molecule has 0 aliphatic rings.